The molecule has 2 nitrogen and oxygen atoms in total. The molecule has 3 heteroatoms. The molecule has 1 aromatic rings. The number of thioether (sulfide) groups is 1. The average molecular weight is 301 g/mol. The molecule has 3 rings (SSSR count). The molecule has 1 aromatic carbocycles. The van der Waals surface area contributed by atoms with Gasteiger partial charge in [0.25, 0.3) is 0 Å². The molecule has 1 N–H and O–H groups in total. The zero-order valence-electron chi connectivity index (χ0n) is 12.4. The van der Waals surface area contributed by atoms with Crippen LogP contribution in [0, 0.1) is 0 Å². The highest BCUT2D eigenvalue weighted by Gasteiger charge is 2.42. The van der Waals surface area contributed by atoms with Gasteiger partial charge in [-0.25, -0.2) is 0 Å². The van der Waals surface area contributed by atoms with Crippen LogP contribution in [-0.4, -0.2) is 16.4 Å². The minimum atomic E-state index is 0.138. The highest BCUT2D eigenvalue weighted by atomic mass is 32.2. The summed E-state index contributed by atoms with van der Waals surface area (Å²) in [6.07, 6.45) is 11.9. The van der Waals surface area contributed by atoms with E-state index in [9.17, 15) is 4.79 Å². The number of amides is 1. The van der Waals surface area contributed by atoms with E-state index in [4.69, 9.17) is 0 Å². The van der Waals surface area contributed by atoms with Gasteiger partial charge in [0.1, 0.15) is 0 Å². The fraction of sp³-hybridized carbons (Fsp3) is 0.500. The lowest BCUT2D eigenvalue weighted by Gasteiger charge is -2.10. The lowest BCUT2D eigenvalue weighted by molar-refractivity contribution is -0.120. The Morgan fingerprint density at radius 2 is 1.86 bits per heavy atom. The van der Waals surface area contributed by atoms with E-state index in [-0.39, 0.29) is 11.2 Å². The van der Waals surface area contributed by atoms with Gasteiger partial charge in [0, 0.05) is 11.8 Å². The molecule has 21 heavy (non-hydrogen) atoms. The van der Waals surface area contributed by atoms with E-state index in [2.05, 4.69) is 41.7 Å². The van der Waals surface area contributed by atoms with E-state index >= 15 is 0 Å². The SMILES string of the molecule is O=C1NCc2ccccc2CCCCCCC=CC2SC12. The Kier molecular flexibility index (Phi) is 5.02. The highest BCUT2D eigenvalue weighted by Crippen LogP contribution is 2.42. The molecule has 0 bridgehead atoms. The number of hydrogen-bond acceptors (Lipinski definition) is 2. The average Bonchev–Trinajstić information content (AvgIpc) is 3.27. The maximum Gasteiger partial charge on any atom is 0.234 e. The zero-order chi connectivity index (χ0) is 14.5. The molecule has 2 aliphatic heterocycles. The van der Waals surface area contributed by atoms with Gasteiger partial charge < -0.3 is 5.32 Å². The molecule has 2 aliphatic rings. The molecular formula is C18H23NOS. The second kappa shape index (κ2) is 7.17. The lowest BCUT2D eigenvalue weighted by atomic mass is 10.0. The highest BCUT2D eigenvalue weighted by molar-refractivity contribution is 8.08. The van der Waals surface area contributed by atoms with E-state index < -0.39 is 0 Å². The van der Waals surface area contributed by atoms with Gasteiger partial charge in [-0.3, -0.25) is 4.79 Å². The topological polar surface area (TPSA) is 29.1 Å². The number of fused-ring (bicyclic) bond motifs is 2. The van der Waals surface area contributed by atoms with Gasteiger partial charge in [-0.15, -0.1) is 11.8 Å². The fourth-order valence-electron chi connectivity index (χ4n) is 2.90. The quantitative estimate of drug-likeness (QED) is 0.582. The van der Waals surface area contributed by atoms with Crippen LogP contribution in [0.5, 0.6) is 0 Å². The number of carbonyl (C=O) groups excluding carboxylic acids is 1. The van der Waals surface area contributed by atoms with Gasteiger partial charge in [-0.1, -0.05) is 49.3 Å². The van der Waals surface area contributed by atoms with Gasteiger partial charge in [0.15, 0.2) is 0 Å². The Hall–Kier alpha value is -1.22. The van der Waals surface area contributed by atoms with Crippen molar-refractivity contribution < 1.29 is 4.79 Å². The van der Waals surface area contributed by atoms with E-state index in [0.29, 0.717) is 11.8 Å². The van der Waals surface area contributed by atoms with Crippen LogP contribution in [0.15, 0.2) is 36.4 Å². The van der Waals surface area contributed by atoms with Crippen molar-refractivity contribution in [1.82, 2.24) is 5.32 Å². The first-order valence-electron chi connectivity index (χ1n) is 8.01. The predicted octanol–water partition coefficient (Wildman–Crippen LogP) is 3.85. The summed E-state index contributed by atoms with van der Waals surface area (Å²) in [7, 11) is 0. The van der Waals surface area contributed by atoms with E-state index in [1.54, 1.807) is 11.8 Å². The molecule has 0 saturated carbocycles. The summed E-state index contributed by atoms with van der Waals surface area (Å²) in [6.45, 7) is 0.669. The third-order valence-corrected chi connectivity index (χ3v) is 5.48. The van der Waals surface area contributed by atoms with Crippen molar-refractivity contribution in [2.24, 2.45) is 0 Å². The second-order valence-electron chi connectivity index (χ2n) is 5.89. The summed E-state index contributed by atoms with van der Waals surface area (Å²) in [5.74, 6) is 0.194. The molecule has 2 unspecified atom stereocenters. The summed E-state index contributed by atoms with van der Waals surface area (Å²) in [5, 5.41) is 3.65. The molecule has 1 fully saturated rings. The van der Waals surface area contributed by atoms with Crippen LogP contribution < -0.4 is 5.32 Å². The van der Waals surface area contributed by atoms with E-state index in [1.165, 1.54) is 36.8 Å². The van der Waals surface area contributed by atoms with Gasteiger partial charge in [0.2, 0.25) is 5.91 Å². The molecule has 2 atom stereocenters. The Labute approximate surface area is 131 Å². The number of benzene rings is 1. The van der Waals surface area contributed by atoms with E-state index in [0.717, 1.165) is 12.8 Å². The lowest BCUT2D eigenvalue weighted by Crippen LogP contribution is -2.28. The van der Waals surface area contributed by atoms with Crippen molar-refractivity contribution in [3.63, 3.8) is 0 Å². The molecule has 1 amide bonds. The first-order chi connectivity index (χ1) is 10.3. The van der Waals surface area contributed by atoms with Crippen molar-refractivity contribution >= 4 is 17.7 Å². The van der Waals surface area contributed by atoms with Crippen LogP contribution in [-0.2, 0) is 17.8 Å². The van der Waals surface area contributed by atoms with Crippen molar-refractivity contribution in [2.45, 2.75) is 55.6 Å². The number of carbonyl (C=O) groups is 1. The summed E-state index contributed by atoms with van der Waals surface area (Å²) in [6, 6.07) is 8.52. The third-order valence-electron chi connectivity index (χ3n) is 4.25. The summed E-state index contributed by atoms with van der Waals surface area (Å²) >= 11 is 1.76. The summed E-state index contributed by atoms with van der Waals surface area (Å²) in [5.41, 5.74) is 2.67. The predicted molar refractivity (Wildman–Crippen MR) is 89.4 cm³/mol. The third kappa shape index (κ3) is 4.13. The Morgan fingerprint density at radius 3 is 2.76 bits per heavy atom. The zero-order valence-corrected chi connectivity index (χ0v) is 13.2. The van der Waals surface area contributed by atoms with Gasteiger partial charge in [-0.05, 0) is 36.8 Å². The Bertz CT molecular complexity index is 526. The van der Waals surface area contributed by atoms with Crippen molar-refractivity contribution in [1.29, 1.82) is 0 Å². The molecule has 0 aromatic heterocycles. The number of allylic oxidation sites excluding steroid dienone is 1. The maximum atomic E-state index is 12.1. The number of aryl methyl sites for hydroxylation is 1. The minimum absolute atomic E-state index is 0.138. The molecule has 0 spiro atoms. The molecule has 2 heterocycles. The fourth-order valence-corrected chi connectivity index (χ4v) is 3.77. The Balaban J connectivity index is 1.68. The molecule has 112 valence electrons. The van der Waals surface area contributed by atoms with E-state index in [1.807, 2.05) is 0 Å². The van der Waals surface area contributed by atoms with Crippen molar-refractivity contribution in [3.05, 3.63) is 47.5 Å². The maximum absolute atomic E-state index is 12.1. The standard InChI is InChI=1S/C18H23NOS/c20-18-17-16(21-17)12-6-4-2-1-3-5-9-14-10-7-8-11-15(14)13-19-18/h6-8,10-12,16-17H,1-5,9,13H2,(H,19,20). The monoisotopic (exact) mass is 301 g/mol. The number of hydrogen-bond donors (Lipinski definition) is 1. The van der Waals surface area contributed by atoms with Crippen LogP contribution in [0.1, 0.15) is 43.2 Å². The van der Waals surface area contributed by atoms with Gasteiger partial charge in [0.05, 0.1) is 5.25 Å². The summed E-state index contributed by atoms with van der Waals surface area (Å²) < 4.78 is 0. The van der Waals surface area contributed by atoms with Crippen molar-refractivity contribution in [3.8, 4) is 0 Å². The first kappa shape index (κ1) is 14.7. The molecular weight excluding hydrogens is 278 g/mol. The minimum Gasteiger partial charge on any atom is -0.351 e. The van der Waals surface area contributed by atoms with Gasteiger partial charge >= 0.3 is 0 Å². The number of nitrogens with one attached hydrogen (secondary N) is 1. The largest absolute Gasteiger partial charge is 0.351 e. The van der Waals surface area contributed by atoms with Crippen molar-refractivity contribution in [2.75, 3.05) is 0 Å². The van der Waals surface area contributed by atoms with Crippen LogP contribution in [0.4, 0.5) is 0 Å². The van der Waals surface area contributed by atoms with Crippen LogP contribution in [0.25, 0.3) is 0 Å². The van der Waals surface area contributed by atoms with Crippen LogP contribution in [0.3, 0.4) is 0 Å². The molecule has 1 saturated heterocycles. The normalized spacial score (nSPS) is 26.8. The molecule has 0 radical (unpaired) electrons. The first-order valence-corrected chi connectivity index (χ1v) is 8.95. The van der Waals surface area contributed by atoms with Crippen LogP contribution in [0.2, 0.25) is 0 Å². The molecule has 0 aliphatic carbocycles. The van der Waals surface area contributed by atoms with Gasteiger partial charge in [-0.2, -0.15) is 0 Å². The number of rotatable bonds is 0. The Morgan fingerprint density at radius 1 is 1.05 bits per heavy atom. The summed E-state index contributed by atoms with van der Waals surface area (Å²) in [4.78, 5) is 12.1. The smallest absolute Gasteiger partial charge is 0.234 e. The van der Waals surface area contributed by atoms with Crippen LogP contribution >= 0.6 is 11.8 Å². The second-order valence-corrected chi connectivity index (χ2v) is 7.21.